The van der Waals surface area contributed by atoms with E-state index in [0.717, 1.165) is 10.6 Å². The Bertz CT molecular complexity index is 1160. The molecule has 1 aromatic heterocycles. The number of carbonyl (C=O) groups excluding carboxylic acids is 1. The van der Waals surface area contributed by atoms with Crippen molar-refractivity contribution in [2.75, 3.05) is 17.6 Å². The fourth-order valence-electron chi connectivity index (χ4n) is 2.95. The van der Waals surface area contributed by atoms with Crippen molar-refractivity contribution < 1.29 is 32.6 Å². The summed E-state index contributed by atoms with van der Waals surface area (Å²) in [5.74, 6) is -2.64. The number of carboxylic acid groups (broad SMARTS) is 1. The second kappa shape index (κ2) is 10.6. The van der Waals surface area contributed by atoms with Crippen molar-refractivity contribution in [3.63, 3.8) is 0 Å². The third kappa shape index (κ3) is 7.16. The highest BCUT2D eigenvalue weighted by Gasteiger charge is 2.22. The van der Waals surface area contributed by atoms with Crippen molar-refractivity contribution in [3.8, 4) is 11.3 Å². The summed E-state index contributed by atoms with van der Waals surface area (Å²) < 4.78 is 38.5. The van der Waals surface area contributed by atoms with E-state index in [1.165, 1.54) is 43.5 Å². The van der Waals surface area contributed by atoms with Gasteiger partial charge in [-0.15, -0.1) is 0 Å². The zero-order valence-corrected chi connectivity index (χ0v) is 19.5. The molecule has 0 spiro atoms. The first-order chi connectivity index (χ1) is 15.3. The number of anilines is 1. The van der Waals surface area contributed by atoms with E-state index < -0.39 is 40.1 Å². The Morgan fingerprint density at radius 1 is 1.18 bits per heavy atom. The summed E-state index contributed by atoms with van der Waals surface area (Å²) in [4.78, 5) is 31.2. The number of hydrogen-bond donors (Lipinski definition) is 2. The van der Waals surface area contributed by atoms with Gasteiger partial charge in [-0.05, 0) is 30.2 Å². The summed E-state index contributed by atoms with van der Waals surface area (Å²) in [6.45, 7) is 3.68. The predicted octanol–water partition coefficient (Wildman–Crippen LogP) is 2.61. The van der Waals surface area contributed by atoms with Crippen molar-refractivity contribution in [2.24, 2.45) is 0 Å². The molecule has 0 aliphatic carbocycles. The number of rotatable bonds is 10. The lowest BCUT2D eigenvalue weighted by Gasteiger charge is -2.20. The van der Waals surface area contributed by atoms with E-state index in [1.54, 1.807) is 0 Å². The Morgan fingerprint density at radius 3 is 2.30 bits per heavy atom. The molecular formula is C22H26FN3O6S. The number of aromatic nitrogens is 2. The van der Waals surface area contributed by atoms with Crippen molar-refractivity contribution in [2.45, 2.75) is 38.7 Å². The zero-order valence-electron chi connectivity index (χ0n) is 18.7. The van der Waals surface area contributed by atoms with Gasteiger partial charge < -0.3 is 10.2 Å². The maximum absolute atomic E-state index is 13.5. The molecule has 1 atom stereocenters. The number of nitrogens with zero attached hydrogens (tertiary/aromatic N) is 3. The van der Waals surface area contributed by atoms with Crippen LogP contribution in [0, 0.1) is 5.82 Å². The van der Waals surface area contributed by atoms with Crippen LogP contribution in [0.3, 0.4) is 0 Å². The molecule has 1 unspecified atom stereocenters. The Kier molecular flexibility index (Phi) is 8.39. The van der Waals surface area contributed by atoms with E-state index >= 15 is 0 Å². The van der Waals surface area contributed by atoms with Crippen LogP contribution in [0.15, 0.2) is 30.3 Å². The number of benzene rings is 1. The minimum Gasteiger partial charge on any atom is -0.481 e. The largest absolute Gasteiger partial charge is 0.481 e. The number of carboxylic acids is 1. The summed E-state index contributed by atoms with van der Waals surface area (Å²) in [5.41, 5.74) is 1.71. The zero-order chi connectivity index (χ0) is 24.9. The molecule has 0 fully saturated rings. The summed E-state index contributed by atoms with van der Waals surface area (Å²) in [5, 5.41) is 18.9. The fraction of sp³-hybridized carbons (Fsp3) is 0.364. The Morgan fingerprint density at radius 2 is 1.79 bits per heavy atom. The maximum atomic E-state index is 13.5. The number of aliphatic hydroxyl groups is 1. The topological polar surface area (TPSA) is 138 Å². The fourth-order valence-corrected chi connectivity index (χ4v) is 3.32. The van der Waals surface area contributed by atoms with Crippen molar-refractivity contribution in [1.82, 2.24) is 9.97 Å². The normalized spacial score (nSPS) is 12.8. The number of hydrogen-bond acceptors (Lipinski definition) is 7. The molecule has 1 heterocycles. The van der Waals surface area contributed by atoms with Gasteiger partial charge >= 0.3 is 5.97 Å². The first kappa shape index (κ1) is 26.1. The molecule has 33 heavy (non-hydrogen) atoms. The number of Topliss-reactive ketones (excluding diaryl/α,β-unsaturated/α-hetero) is 1. The van der Waals surface area contributed by atoms with Gasteiger partial charge in [-0.2, -0.15) is 0 Å². The van der Waals surface area contributed by atoms with Crippen LogP contribution in [0.1, 0.15) is 43.9 Å². The highest BCUT2D eigenvalue weighted by atomic mass is 32.2. The molecule has 2 N–H and O–H groups in total. The molecule has 0 radical (unpaired) electrons. The van der Waals surface area contributed by atoms with Crippen molar-refractivity contribution in [3.05, 3.63) is 47.4 Å². The summed E-state index contributed by atoms with van der Waals surface area (Å²) in [7, 11) is -2.35. The van der Waals surface area contributed by atoms with Gasteiger partial charge in [0.1, 0.15) is 18.0 Å². The lowest BCUT2D eigenvalue weighted by atomic mass is 9.97. The molecule has 2 aromatic rings. The standard InChI is InChI=1S/C22H26FN3O6S/c1-13(2)20-18(10-9-16(27)11-17(28)12-19(29)30)21(14-5-7-15(23)8-6-14)25-22(24-20)26(3)33(4,31)32/h5-10,13,16,27H,11-12H2,1-4H3,(H,29,30). The second-order valence-electron chi connectivity index (χ2n) is 7.80. The SMILES string of the molecule is CC(C)c1nc(N(C)S(C)(=O)=O)nc(-c2ccc(F)cc2)c1C=CC(O)CC(=O)CC(=O)O. The number of ketones is 1. The van der Waals surface area contributed by atoms with Gasteiger partial charge in [0.25, 0.3) is 0 Å². The van der Waals surface area contributed by atoms with Gasteiger partial charge in [0.2, 0.25) is 16.0 Å². The molecule has 2 rings (SSSR count). The molecule has 178 valence electrons. The summed E-state index contributed by atoms with van der Waals surface area (Å²) in [6, 6.07) is 5.44. The van der Waals surface area contributed by atoms with Crippen molar-refractivity contribution in [1.29, 1.82) is 0 Å². The number of sulfonamides is 1. The molecule has 0 aliphatic heterocycles. The highest BCUT2D eigenvalue weighted by molar-refractivity contribution is 7.92. The van der Waals surface area contributed by atoms with Crippen LogP contribution >= 0.6 is 0 Å². The third-order valence-electron chi connectivity index (χ3n) is 4.68. The van der Waals surface area contributed by atoms with Gasteiger partial charge in [-0.1, -0.05) is 26.0 Å². The van der Waals surface area contributed by atoms with Crippen LogP contribution in [-0.2, 0) is 19.6 Å². The molecule has 9 nitrogen and oxygen atoms in total. The van der Waals surface area contributed by atoms with Crippen LogP contribution in [0.2, 0.25) is 0 Å². The summed E-state index contributed by atoms with van der Waals surface area (Å²) in [6.07, 6.45) is 1.49. The van der Waals surface area contributed by atoms with E-state index in [0.29, 0.717) is 22.5 Å². The number of aliphatic hydroxyl groups excluding tert-OH is 1. The molecule has 0 amide bonds. The van der Waals surface area contributed by atoms with E-state index in [1.807, 2.05) is 13.8 Å². The molecule has 0 bridgehead atoms. The predicted molar refractivity (Wildman–Crippen MR) is 122 cm³/mol. The smallest absolute Gasteiger partial charge is 0.310 e. The van der Waals surface area contributed by atoms with E-state index in [9.17, 15) is 27.5 Å². The average molecular weight is 480 g/mol. The van der Waals surface area contributed by atoms with E-state index in [-0.39, 0.29) is 18.3 Å². The van der Waals surface area contributed by atoms with Gasteiger partial charge in [0.05, 0.1) is 23.7 Å². The van der Waals surface area contributed by atoms with Gasteiger partial charge in [-0.25, -0.2) is 27.1 Å². The van der Waals surface area contributed by atoms with Gasteiger partial charge in [-0.3, -0.25) is 9.59 Å². The third-order valence-corrected chi connectivity index (χ3v) is 5.84. The molecule has 11 heteroatoms. The molecule has 0 saturated heterocycles. The number of aliphatic carboxylic acids is 1. The van der Waals surface area contributed by atoms with E-state index in [2.05, 4.69) is 9.97 Å². The lowest BCUT2D eigenvalue weighted by molar-refractivity contribution is -0.140. The monoisotopic (exact) mass is 479 g/mol. The second-order valence-corrected chi connectivity index (χ2v) is 9.82. The van der Waals surface area contributed by atoms with Gasteiger partial charge in [0.15, 0.2) is 0 Å². The maximum Gasteiger partial charge on any atom is 0.310 e. The number of carbonyl (C=O) groups is 2. The molecule has 0 saturated carbocycles. The minimum atomic E-state index is -3.66. The van der Waals surface area contributed by atoms with Crippen LogP contribution < -0.4 is 4.31 Å². The Balaban J connectivity index is 2.62. The van der Waals surface area contributed by atoms with Crippen LogP contribution in [-0.4, -0.2) is 59.8 Å². The molecule has 1 aromatic carbocycles. The number of halogens is 1. The lowest BCUT2D eigenvalue weighted by Crippen LogP contribution is -2.27. The quantitative estimate of drug-likeness (QED) is 0.496. The van der Waals surface area contributed by atoms with Crippen molar-refractivity contribution >= 4 is 33.8 Å². The minimum absolute atomic E-state index is 0.0742. The van der Waals surface area contributed by atoms with Crippen LogP contribution in [0.5, 0.6) is 0 Å². The Labute approximate surface area is 191 Å². The molecular weight excluding hydrogens is 453 g/mol. The summed E-state index contributed by atoms with van der Waals surface area (Å²) >= 11 is 0. The molecule has 0 aliphatic rings. The first-order valence-corrected chi connectivity index (χ1v) is 11.9. The van der Waals surface area contributed by atoms with Crippen LogP contribution in [0.4, 0.5) is 10.3 Å². The van der Waals surface area contributed by atoms with Gasteiger partial charge in [0, 0.05) is 24.6 Å². The first-order valence-electron chi connectivity index (χ1n) is 10.0. The Hall–Kier alpha value is -3.18. The van der Waals surface area contributed by atoms with E-state index in [4.69, 9.17) is 5.11 Å². The average Bonchev–Trinajstić information content (AvgIpc) is 2.70. The highest BCUT2D eigenvalue weighted by Crippen LogP contribution is 2.31. The van der Waals surface area contributed by atoms with Crippen LogP contribution in [0.25, 0.3) is 17.3 Å².